The Morgan fingerprint density at radius 3 is 2.50 bits per heavy atom. The van der Waals surface area contributed by atoms with E-state index in [1.807, 2.05) is 12.1 Å². The molecule has 1 fully saturated rings. The maximum Gasteiger partial charge on any atom is 0.0477 e. The summed E-state index contributed by atoms with van der Waals surface area (Å²) >= 11 is 5.93. The fourth-order valence-electron chi connectivity index (χ4n) is 2.90. The largest absolute Gasteiger partial charge is 0.396 e. The van der Waals surface area contributed by atoms with Crippen LogP contribution in [0, 0.1) is 11.8 Å². The Kier molecular flexibility index (Phi) is 4.66. The molecule has 0 saturated carbocycles. The standard InChI is InChI=1S/C15H22ClNO/c1-11(2)7-17-8-13(10-18)15(9-17)12-3-5-14(16)6-4-12/h3-6,11,13,15,18H,7-10H2,1-2H3. The highest BCUT2D eigenvalue weighted by molar-refractivity contribution is 6.30. The highest BCUT2D eigenvalue weighted by Crippen LogP contribution is 2.33. The van der Waals surface area contributed by atoms with Crippen LogP contribution < -0.4 is 0 Å². The van der Waals surface area contributed by atoms with Gasteiger partial charge in [0.15, 0.2) is 0 Å². The molecular weight excluding hydrogens is 246 g/mol. The Bertz CT molecular complexity index is 377. The van der Waals surface area contributed by atoms with Crippen molar-refractivity contribution in [1.82, 2.24) is 4.90 Å². The van der Waals surface area contributed by atoms with Gasteiger partial charge in [-0.2, -0.15) is 0 Å². The third-order valence-electron chi connectivity index (χ3n) is 3.67. The first kappa shape index (κ1) is 13.9. The molecule has 18 heavy (non-hydrogen) atoms. The molecule has 1 heterocycles. The van der Waals surface area contributed by atoms with Crippen LogP contribution in [0.2, 0.25) is 5.02 Å². The van der Waals surface area contributed by atoms with E-state index in [0.717, 1.165) is 24.7 Å². The minimum absolute atomic E-state index is 0.266. The number of halogens is 1. The lowest BCUT2D eigenvalue weighted by Crippen LogP contribution is -2.25. The van der Waals surface area contributed by atoms with Gasteiger partial charge in [0.2, 0.25) is 0 Å². The zero-order valence-corrected chi connectivity index (χ0v) is 11.9. The summed E-state index contributed by atoms with van der Waals surface area (Å²) < 4.78 is 0. The first-order chi connectivity index (χ1) is 8.60. The van der Waals surface area contributed by atoms with E-state index in [2.05, 4.69) is 30.9 Å². The summed E-state index contributed by atoms with van der Waals surface area (Å²) in [5.41, 5.74) is 1.30. The van der Waals surface area contributed by atoms with E-state index < -0.39 is 0 Å². The maximum absolute atomic E-state index is 9.55. The molecule has 2 nitrogen and oxygen atoms in total. The first-order valence-electron chi connectivity index (χ1n) is 6.68. The Hall–Kier alpha value is -0.570. The van der Waals surface area contributed by atoms with Crippen molar-refractivity contribution in [3.05, 3.63) is 34.9 Å². The van der Waals surface area contributed by atoms with Gasteiger partial charge in [0, 0.05) is 43.1 Å². The van der Waals surface area contributed by atoms with Gasteiger partial charge in [-0.25, -0.2) is 0 Å². The molecule has 0 radical (unpaired) electrons. The Morgan fingerprint density at radius 1 is 1.28 bits per heavy atom. The molecule has 1 aliphatic rings. The quantitative estimate of drug-likeness (QED) is 0.907. The smallest absolute Gasteiger partial charge is 0.0477 e. The average Bonchev–Trinajstić information content (AvgIpc) is 2.72. The molecule has 3 heteroatoms. The van der Waals surface area contributed by atoms with Crippen LogP contribution >= 0.6 is 11.6 Å². The second kappa shape index (κ2) is 6.05. The minimum Gasteiger partial charge on any atom is -0.396 e. The highest BCUT2D eigenvalue weighted by Gasteiger charge is 2.33. The molecule has 1 aliphatic heterocycles. The van der Waals surface area contributed by atoms with E-state index in [1.165, 1.54) is 5.56 Å². The van der Waals surface area contributed by atoms with Gasteiger partial charge in [0.1, 0.15) is 0 Å². The van der Waals surface area contributed by atoms with Crippen molar-refractivity contribution in [2.45, 2.75) is 19.8 Å². The molecule has 2 unspecified atom stereocenters. The molecule has 0 spiro atoms. The summed E-state index contributed by atoms with van der Waals surface area (Å²) in [6.07, 6.45) is 0. The van der Waals surface area contributed by atoms with Crippen molar-refractivity contribution in [3.63, 3.8) is 0 Å². The number of rotatable bonds is 4. The van der Waals surface area contributed by atoms with Gasteiger partial charge in [-0.1, -0.05) is 37.6 Å². The molecule has 0 bridgehead atoms. The third kappa shape index (κ3) is 3.25. The zero-order valence-electron chi connectivity index (χ0n) is 11.1. The lowest BCUT2D eigenvalue weighted by molar-refractivity contribution is 0.211. The second-order valence-corrected chi connectivity index (χ2v) is 6.15. The van der Waals surface area contributed by atoms with Crippen LogP contribution in [0.3, 0.4) is 0 Å². The van der Waals surface area contributed by atoms with Crippen molar-refractivity contribution < 1.29 is 5.11 Å². The summed E-state index contributed by atoms with van der Waals surface area (Å²) in [6.45, 7) is 7.91. The Labute approximate surface area is 115 Å². The lowest BCUT2D eigenvalue weighted by Gasteiger charge is -2.18. The summed E-state index contributed by atoms with van der Waals surface area (Å²) in [5, 5.41) is 10.3. The summed E-state index contributed by atoms with van der Waals surface area (Å²) in [7, 11) is 0. The molecular formula is C15H22ClNO. The fraction of sp³-hybridized carbons (Fsp3) is 0.600. The van der Waals surface area contributed by atoms with Crippen molar-refractivity contribution in [2.24, 2.45) is 11.8 Å². The molecule has 1 aromatic carbocycles. The van der Waals surface area contributed by atoms with Crippen LogP contribution in [0.4, 0.5) is 0 Å². The van der Waals surface area contributed by atoms with E-state index in [1.54, 1.807) is 0 Å². The van der Waals surface area contributed by atoms with Crippen molar-refractivity contribution in [3.8, 4) is 0 Å². The fourth-order valence-corrected chi connectivity index (χ4v) is 3.02. The molecule has 0 aromatic heterocycles. The van der Waals surface area contributed by atoms with Crippen LogP contribution in [0.25, 0.3) is 0 Å². The molecule has 1 saturated heterocycles. The number of aliphatic hydroxyl groups excluding tert-OH is 1. The van der Waals surface area contributed by atoms with Gasteiger partial charge in [-0.3, -0.25) is 0 Å². The average molecular weight is 268 g/mol. The monoisotopic (exact) mass is 267 g/mol. The van der Waals surface area contributed by atoms with Crippen LogP contribution in [0.15, 0.2) is 24.3 Å². The highest BCUT2D eigenvalue weighted by atomic mass is 35.5. The van der Waals surface area contributed by atoms with Crippen molar-refractivity contribution in [1.29, 1.82) is 0 Å². The molecule has 1 N–H and O–H groups in total. The number of hydrogen-bond donors (Lipinski definition) is 1. The summed E-state index contributed by atoms with van der Waals surface area (Å²) in [4.78, 5) is 2.46. The van der Waals surface area contributed by atoms with Crippen LogP contribution in [-0.2, 0) is 0 Å². The van der Waals surface area contributed by atoms with E-state index in [-0.39, 0.29) is 6.61 Å². The van der Waals surface area contributed by atoms with Gasteiger partial charge < -0.3 is 10.0 Å². The molecule has 1 aromatic rings. The van der Waals surface area contributed by atoms with Gasteiger partial charge in [-0.05, 0) is 23.6 Å². The zero-order chi connectivity index (χ0) is 13.1. The van der Waals surface area contributed by atoms with Gasteiger partial charge in [-0.15, -0.1) is 0 Å². The number of benzene rings is 1. The Morgan fingerprint density at radius 2 is 1.94 bits per heavy atom. The third-order valence-corrected chi connectivity index (χ3v) is 3.92. The SMILES string of the molecule is CC(C)CN1CC(CO)C(c2ccc(Cl)cc2)C1. The van der Waals surface area contributed by atoms with E-state index in [0.29, 0.717) is 17.8 Å². The first-order valence-corrected chi connectivity index (χ1v) is 7.06. The molecule has 0 aliphatic carbocycles. The van der Waals surface area contributed by atoms with E-state index in [4.69, 9.17) is 11.6 Å². The predicted molar refractivity (Wildman–Crippen MR) is 76.0 cm³/mol. The lowest BCUT2D eigenvalue weighted by atomic mass is 9.90. The number of likely N-dealkylation sites (tertiary alicyclic amines) is 1. The normalized spacial score (nSPS) is 24.9. The molecule has 2 atom stereocenters. The topological polar surface area (TPSA) is 23.5 Å². The number of nitrogens with zero attached hydrogens (tertiary/aromatic N) is 1. The maximum atomic E-state index is 9.55. The molecule has 0 amide bonds. The van der Waals surface area contributed by atoms with Gasteiger partial charge in [0.05, 0.1) is 0 Å². The molecule has 2 rings (SSSR count). The second-order valence-electron chi connectivity index (χ2n) is 5.71. The van der Waals surface area contributed by atoms with Crippen LogP contribution in [0.5, 0.6) is 0 Å². The van der Waals surface area contributed by atoms with E-state index >= 15 is 0 Å². The van der Waals surface area contributed by atoms with Crippen LogP contribution in [0.1, 0.15) is 25.3 Å². The minimum atomic E-state index is 0.266. The summed E-state index contributed by atoms with van der Waals surface area (Å²) in [5.74, 6) is 1.46. The summed E-state index contributed by atoms with van der Waals surface area (Å²) in [6, 6.07) is 8.07. The number of aliphatic hydroxyl groups is 1. The van der Waals surface area contributed by atoms with Gasteiger partial charge >= 0.3 is 0 Å². The van der Waals surface area contributed by atoms with Crippen LogP contribution in [-0.4, -0.2) is 36.2 Å². The predicted octanol–water partition coefficient (Wildman–Crippen LogP) is 3.00. The number of hydrogen-bond acceptors (Lipinski definition) is 2. The molecule has 100 valence electrons. The Balaban J connectivity index is 2.09. The van der Waals surface area contributed by atoms with Crippen molar-refractivity contribution in [2.75, 3.05) is 26.2 Å². The van der Waals surface area contributed by atoms with Gasteiger partial charge in [0.25, 0.3) is 0 Å². The van der Waals surface area contributed by atoms with E-state index in [9.17, 15) is 5.11 Å². The van der Waals surface area contributed by atoms with Crippen molar-refractivity contribution >= 4 is 11.6 Å².